The van der Waals surface area contributed by atoms with Crippen molar-refractivity contribution in [1.29, 1.82) is 0 Å². The number of amides is 1. The van der Waals surface area contributed by atoms with Crippen molar-refractivity contribution in [3.63, 3.8) is 0 Å². The van der Waals surface area contributed by atoms with E-state index in [9.17, 15) is 13.2 Å². The predicted octanol–water partition coefficient (Wildman–Crippen LogP) is 1.85. The van der Waals surface area contributed by atoms with E-state index in [0.29, 0.717) is 17.8 Å². The highest BCUT2D eigenvalue weighted by Gasteiger charge is 2.27. The summed E-state index contributed by atoms with van der Waals surface area (Å²) in [4.78, 5) is 12.1. The van der Waals surface area contributed by atoms with Gasteiger partial charge in [-0.25, -0.2) is 8.42 Å². The molecule has 1 aromatic rings. The average molecular weight is 348 g/mol. The van der Waals surface area contributed by atoms with Crippen molar-refractivity contribution in [1.82, 2.24) is 0 Å². The number of halogens is 1. The number of hydrogen-bond acceptors (Lipinski definition) is 4. The van der Waals surface area contributed by atoms with Crippen molar-refractivity contribution in [3.05, 3.63) is 23.8 Å². The molecule has 6 nitrogen and oxygen atoms in total. The van der Waals surface area contributed by atoms with E-state index in [4.69, 9.17) is 5.73 Å². The minimum Gasteiger partial charge on any atom is -0.328 e. The Labute approximate surface area is 137 Å². The topological polar surface area (TPSA) is 101 Å². The van der Waals surface area contributed by atoms with Gasteiger partial charge in [-0.2, -0.15) is 0 Å². The van der Waals surface area contributed by atoms with Gasteiger partial charge in [-0.1, -0.05) is 6.07 Å². The van der Waals surface area contributed by atoms with E-state index >= 15 is 0 Å². The maximum absolute atomic E-state index is 12.1. The van der Waals surface area contributed by atoms with Crippen LogP contribution in [0.1, 0.15) is 24.8 Å². The summed E-state index contributed by atoms with van der Waals surface area (Å²) >= 11 is 0. The van der Waals surface area contributed by atoms with Gasteiger partial charge in [-0.05, 0) is 43.9 Å². The number of sulfonamides is 1. The van der Waals surface area contributed by atoms with E-state index in [-0.39, 0.29) is 30.3 Å². The number of hydrogen-bond donors (Lipinski definition) is 3. The third-order valence-electron chi connectivity index (χ3n) is 3.64. The van der Waals surface area contributed by atoms with Crippen molar-refractivity contribution < 1.29 is 13.2 Å². The molecule has 1 amide bonds. The van der Waals surface area contributed by atoms with Crippen LogP contribution in [-0.2, 0) is 14.8 Å². The fourth-order valence-corrected chi connectivity index (χ4v) is 3.13. The molecule has 1 aliphatic rings. The van der Waals surface area contributed by atoms with Gasteiger partial charge in [0.1, 0.15) is 0 Å². The molecule has 0 radical (unpaired) electrons. The maximum Gasteiger partial charge on any atom is 0.229 e. The first-order chi connectivity index (χ1) is 9.74. The van der Waals surface area contributed by atoms with Crippen LogP contribution in [-0.4, -0.2) is 26.6 Å². The summed E-state index contributed by atoms with van der Waals surface area (Å²) in [6.45, 7) is 1.80. The molecule has 1 aromatic carbocycles. The molecule has 0 aromatic heterocycles. The minimum absolute atomic E-state index is 0. The summed E-state index contributed by atoms with van der Waals surface area (Å²) < 4.78 is 25.1. The number of rotatable bonds is 4. The Bertz CT molecular complexity index is 649. The fourth-order valence-electron chi connectivity index (χ4n) is 2.51. The highest BCUT2D eigenvalue weighted by molar-refractivity contribution is 7.92. The Morgan fingerprint density at radius 2 is 2.00 bits per heavy atom. The highest BCUT2D eigenvalue weighted by Crippen LogP contribution is 2.27. The monoisotopic (exact) mass is 347 g/mol. The van der Waals surface area contributed by atoms with Crippen LogP contribution >= 0.6 is 12.4 Å². The number of nitrogens with one attached hydrogen (secondary N) is 2. The van der Waals surface area contributed by atoms with Crippen LogP contribution in [0.5, 0.6) is 0 Å². The number of benzene rings is 1. The first-order valence-corrected chi connectivity index (χ1v) is 8.78. The lowest BCUT2D eigenvalue weighted by molar-refractivity contribution is -0.119. The van der Waals surface area contributed by atoms with Crippen molar-refractivity contribution in [2.45, 2.75) is 32.2 Å². The summed E-state index contributed by atoms with van der Waals surface area (Å²) in [7, 11) is -3.35. The molecule has 4 N–H and O–H groups in total. The van der Waals surface area contributed by atoms with Crippen LogP contribution in [0.25, 0.3) is 0 Å². The second kappa shape index (κ2) is 7.30. The van der Waals surface area contributed by atoms with Gasteiger partial charge in [0, 0.05) is 17.6 Å². The third-order valence-corrected chi connectivity index (χ3v) is 4.24. The van der Waals surface area contributed by atoms with Gasteiger partial charge in [0.15, 0.2) is 0 Å². The van der Waals surface area contributed by atoms with E-state index in [0.717, 1.165) is 24.7 Å². The first-order valence-electron chi connectivity index (χ1n) is 6.89. The molecular weight excluding hydrogens is 326 g/mol. The Morgan fingerprint density at radius 3 is 2.55 bits per heavy atom. The zero-order valence-electron chi connectivity index (χ0n) is 12.6. The molecule has 0 spiro atoms. The lowest BCUT2D eigenvalue weighted by Gasteiger charge is -2.13. The van der Waals surface area contributed by atoms with E-state index in [1.54, 1.807) is 25.1 Å². The smallest absolute Gasteiger partial charge is 0.229 e. The number of carbonyl (C=O) groups excluding carboxylic acids is 1. The normalized spacial score (nSPS) is 21.0. The highest BCUT2D eigenvalue weighted by atomic mass is 35.5. The third kappa shape index (κ3) is 5.15. The van der Waals surface area contributed by atoms with E-state index in [1.165, 1.54) is 0 Å². The van der Waals surface area contributed by atoms with Crippen LogP contribution in [0.4, 0.5) is 11.4 Å². The van der Waals surface area contributed by atoms with E-state index in [1.807, 2.05) is 0 Å². The van der Waals surface area contributed by atoms with Crippen molar-refractivity contribution in [3.8, 4) is 0 Å². The molecule has 0 bridgehead atoms. The van der Waals surface area contributed by atoms with E-state index in [2.05, 4.69) is 10.0 Å². The predicted molar refractivity (Wildman–Crippen MR) is 90.8 cm³/mol. The molecule has 0 heterocycles. The quantitative estimate of drug-likeness (QED) is 0.773. The Kier molecular flexibility index (Phi) is 6.22. The number of aryl methyl sites for hydroxylation is 1. The van der Waals surface area contributed by atoms with Gasteiger partial charge in [0.2, 0.25) is 15.9 Å². The molecule has 22 heavy (non-hydrogen) atoms. The molecule has 124 valence electrons. The summed E-state index contributed by atoms with van der Waals surface area (Å²) in [5, 5.41) is 2.83. The zero-order chi connectivity index (χ0) is 15.6. The molecule has 1 aliphatic carbocycles. The van der Waals surface area contributed by atoms with Gasteiger partial charge in [-0.15, -0.1) is 12.4 Å². The minimum atomic E-state index is -3.35. The number of anilines is 2. The molecule has 0 aliphatic heterocycles. The summed E-state index contributed by atoms with van der Waals surface area (Å²) in [5.74, 6) is -0.121. The van der Waals surface area contributed by atoms with Crippen LogP contribution in [0.2, 0.25) is 0 Å². The SMILES string of the molecule is Cc1ccc(NC(=O)C2CCC(N)C2)cc1NS(C)(=O)=O.Cl. The molecular formula is C14H22ClN3O3S. The Hall–Kier alpha value is -1.31. The van der Waals surface area contributed by atoms with Gasteiger partial charge in [0.25, 0.3) is 0 Å². The molecule has 2 rings (SSSR count). The summed E-state index contributed by atoms with van der Waals surface area (Å²) in [6.07, 6.45) is 3.46. The second-order valence-electron chi connectivity index (χ2n) is 5.66. The Balaban J connectivity index is 0.00000242. The van der Waals surface area contributed by atoms with Gasteiger partial charge < -0.3 is 11.1 Å². The molecule has 2 atom stereocenters. The van der Waals surface area contributed by atoms with Crippen molar-refractivity contribution in [2.75, 3.05) is 16.3 Å². The van der Waals surface area contributed by atoms with Gasteiger partial charge >= 0.3 is 0 Å². The molecule has 8 heteroatoms. The molecule has 1 saturated carbocycles. The molecule has 1 fully saturated rings. The largest absolute Gasteiger partial charge is 0.328 e. The number of carbonyl (C=O) groups is 1. The van der Waals surface area contributed by atoms with Crippen LogP contribution in [0.3, 0.4) is 0 Å². The Morgan fingerprint density at radius 1 is 1.32 bits per heavy atom. The number of nitrogens with two attached hydrogens (primary N) is 1. The fraction of sp³-hybridized carbons (Fsp3) is 0.500. The van der Waals surface area contributed by atoms with Crippen LogP contribution < -0.4 is 15.8 Å². The standard InChI is InChI=1S/C14H21N3O3S.ClH/c1-9-3-6-12(8-13(9)17-21(2,19)20)16-14(18)10-4-5-11(15)7-10;/h3,6,8,10-11,17H,4-5,7,15H2,1-2H3,(H,16,18);1H. The van der Waals surface area contributed by atoms with Gasteiger partial charge in [0.05, 0.1) is 11.9 Å². The average Bonchev–Trinajstić information content (AvgIpc) is 2.78. The van der Waals surface area contributed by atoms with Crippen LogP contribution in [0.15, 0.2) is 18.2 Å². The second-order valence-corrected chi connectivity index (χ2v) is 7.41. The lowest BCUT2D eigenvalue weighted by Crippen LogP contribution is -2.23. The molecule has 0 saturated heterocycles. The van der Waals surface area contributed by atoms with Crippen molar-refractivity contribution >= 4 is 39.7 Å². The van der Waals surface area contributed by atoms with Crippen LogP contribution in [0, 0.1) is 12.8 Å². The lowest BCUT2D eigenvalue weighted by atomic mass is 10.1. The molecule has 2 unspecified atom stereocenters. The zero-order valence-corrected chi connectivity index (χ0v) is 14.3. The van der Waals surface area contributed by atoms with Crippen molar-refractivity contribution in [2.24, 2.45) is 11.7 Å². The maximum atomic E-state index is 12.1. The summed E-state index contributed by atoms with van der Waals surface area (Å²) in [5.41, 5.74) is 7.66. The van der Waals surface area contributed by atoms with E-state index < -0.39 is 10.0 Å². The van der Waals surface area contributed by atoms with Gasteiger partial charge in [-0.3, -0.25) is 9.52 Å². The first kappa shape index (κ1) is 18.7. The summed E-state index contributed by atoms with van der Waals surface area (Å²) in [6, 6.07) is 5.25.